The van der Waals surface area contributed by atoms with E-state index >= 15 is 0 Å². The van der Waals surface area contributed by atoms with E-state index in [1.165, 1.54) is 0 Å². The van der Waals surface area contributed by atoms with Gasteiger partial charge in [-0.3, -0.25) is 4.79 Å². The molecule has 2 rings (SSSR count). The molecule has 0 radical (unpaired) electrons. The zero-order valence-corrected chi connectivity index (χ0v) is 17.2. The maximum atomic E-state index is 12.6. The molecule has 0 heterocycles. The van der Waals surface area contributed by atoms with Crippen molar-refractivity contribution in [2.24, 2.45) is 0 Å². The van der Waals surface area contributed by atoms with Gasteiger partial charge in [0.05, 0.1) is 18.8 Å². The second kappa shape index (κ2) is 11.9. The Bertz CT molecular complexity index is 738. The van der Waals surface area contributed by atoms with Crippen molar-refractivity contribution in [2.75, 3.05) is 25.6 Å². The summed E-state index contributed by atoms with van der Waals surface area (Å²) < 4.78 is 11.9. The summed E-state index contributed by atoms with van der Waals surface area (Å²) in [5, 5.41) is 3.05. The third-order valence-corrected chi connectivity index (χ3v) is 4.40. The van der Waals surface area contributed by atoms with Crippen molar-refractivity contribution < 1.29 is 14.3 Å². The Hall–Kier alpha value is -2.75. The van der Waals surface area contributed by atoms with Gasteiger partial charge >= 0.3 is 0 Å². The first-order chi connectivity index (χ1) is 13.7. The number of ether oxygens (including phenoxy) is 2. The number of ketones is 1. The van der Waals surface area contributed by atoms with Crippen LogP contribution in [-0.4, -0.2) is 26.0 Å². The van der Waals surface area contributed by atoms with Crippen LogP contribution in [0.15, 0.2) is 48.5 Å². The molecule has 0 aliphatic rings. The van der Waals surface area contributed by atoms with E-state index in [9.17, 15) is 4.79 Å². The van der Waals surface area contributed by atoms with E-state index in [0.29, 0.717) is 18.8 Å². The van der Waals surface area contributed by atoms with Gasteiger partial charge in [0.2, 0.25) is 0 Å². The Balaban J connectivity index is 2.22. The Labute approximate surface area is 168 Å². The van der Waals surface area contributed by atoms with Crippen LogP contribution >= 0.6 is 0 Å². The Morgan fingerprint density at radius 1 is 0.929 bits per heavy atom. The van der Waals surface area contributed by atoms with Crippen molar-refractivity contribution in [3.63, 3.8) is 0 Å². The Morgan fingerprint density at radius 3 is 2.00 bits per heavy atom. The molecule has 0 aromatic heterocycles. The molecule has 2 aromatic carbocycles. The number of benzene rings is 2. The maximum absolute atomic E-state index is 12.6. The van der Waals surface area contributed by atoms with E-state index in [0.717, 1.165) is 48.4 Å². The first-order valence-corrected chi connectivity index (χ1v) is 10.1. The first-order valence-electron chi connectivity index (χ1n) is 10.1. The van der Waals surface area contributed by atoms with Crippen LogP contribution in [0.4, 0.5) is 5.69 Å². The van der Waals surface area contributed by atoms with Crippen molar-refractivity contribution in [3.8, 4) is 11.5 Å². The minimum absolute atomic E-state index is 0.0504. The SMILES string of the molecule is CCCCOc1cccc(OCCCC)c1C=CC(=O)c1ccc(NC)cc1. The molecule has 1 N–H and O–H groups in total. The van der Waals surface area contributed by atoms with Crippen LogP contribution in [0.1, 0.15) is 55.5 Å². The molecule has 0 aliphatic carbocycles. The smallest absolute Gasteiger partial charge is 0.185 e. The number of hydrogen-bond donors (Lipinski definition) is 1. The lowest BCUT2D eigenvalue weighted by molar-refractivity contribution is 0.104. The highest BCUT2D eigenvalue weighted by molar-refractivity contribution is 6.07. The zero-order chi connectivity index (χ0) is 20.2. The first kappa shape index (κ1) is 21.5. The summed E-state index contributed by atoms with van der Waals surface area (Å²) in [5.74, 6) is 1.44. The minimum atomic E-state index is -0.0504. The highest BCUT2D eigenvalue weighted by Gasteiger charge is 2.10. The van der Waals surface area contributed by atoms with Gasteiger partial charge in [0, 0.05) is 18.3 Å². The van der Waals surface area contributed by atoms with Crippen molar-refractivity contribution in [1.82, 2.24) is 0 Å². The molecule has 28 heavy (non-hydrogen) atoms. The lowest BCUT2D eigenvalue weighted by atomic mass is 10.1. The minimum Gasteiger partial charge on any atom is -0.493 e. The van der Waals surface area contributed by atoms with E-state index < -0.39 is 0 Å². The van der Waals surface area contributed by atoms with E-state index in [-0.39, 0.29) is 5.78 Å². The average Bonchev–Trinajstić information content (AvgIpc) is 2.73. The second-order valence-electron chi connectivity index (χ2n) is 6.60. The number of allylic oxidation sites excluding steroid dienone is 1. The van der Waals surface area contributed by atoms with Crippen molar-refractivity contribution >= 4 is 17.5 Å². The summed E-state index contributed by atoms with van der Waals surface area (Å²) in [4.78, 5) is 12.6. The van der Waals surface area contributed by atoms with Gasteiger partial charge in [0.25, 0.3) is 0 Å². The van der Waals surface area contributed by atoms with Crippen LogP contribution in [0.25, 0.3) is 6.08 Å². The van der Waals surface area contributed by atoms with Gasteiger partial charge in [-0.1, -0.05) is 32.8 Å². The number of nitrogens with one attached hydrogen (secondary N) is 1. The topological polar surface area (TPSA) is 47.6 Å². The normalized spacial score (nSPS) is 10.8. The highest BCUT2D eigenvalue weighted by Crippen LogP contribution is 2.30. The molecular weight excluding hydrogens is 350 g/mol. The average molecular weight is 382 g/mol. The second-order valence-corrected chi connectivity index (χ2v) is 6.60. The summed E-state index contributed by atoms with van der Waals surface area (Å²) in [6.07, 6.45) is 7.50. The zero-order valence-electron chi connectivity index (χ0n) is 17.2. The summed E-state index contributed by atoms with van der Waals surface area (Å²) in [7, 11) is 1.85. The molecule has 0 fully saturated rings. The summed E-state index contributed by atoms with van der Waals surface area (Å²) >= 11 is 0. The van der Waals surface area contributed by atoms with E-state index in [4.69, 9.17) is 9.47 Å². The number of hydrogen-bond acceptors (Lipinski definition) is 4. The van der Waals surface area contributed by atoms with Crippen LogP contribution in [0.2, 0.25) is 0 Å². The fourth-order valence-corrected chi connectivity index (χ4v) is 2.65. The van der Waals surface area contributed by atoms with Gasteiger partial charge in [-0.2, -0.15) is 0 Å². The van der Waals surface area contributed by atoms with Gasteiger partial charge < -0.3 is 14.8 Å². The van der Waals surface area contributed by atoms with Crippen LogP contribution in [-0.2, 0) is 0 Å². The van der Waals surface area contributed by atoms with Crippen molar-refractivity contribution in [2.45, 2.75) is 39.5 Å². The predicted octanol–water partition coefficient (Wildman–Crippen LogP) is 5.98. The standard InChI is InChI=1S/C24H31NO3/c1-4-6-17-27-23-9-8-10-24(28-18-7-5-2)21(23)15-16-22(26)19-11-13-20(25-3)14-12-19/h8-16,25H,4-7,17-18H2,1-3H3. The molecule has 0 spiro atoms. The molecule has 0 atom stereocenters. The van der Waals surface area contributed by atoms with Crippen molar-refractivity contribution in [1.29, 1.82) is 0 Å². The molecule has 0 amide bonds. The summed E-state index contributed by atoms with van der Waals surface area (Å²) in [6, 6.07) is 13.2. The van der Waals surface area contributed by atoms with E-state index in [2.05, 4.69) is 19.2 Å². The number of anilines is 1. The van der Waals surface area contributed by atoms with E-state index in [1.807, 2.05) is 49.5 Å². The molecule has 4 nitrogen and oxygen atoms in total. The number of rotatable bonds is 12. The fraction of sp³-hybridized carbons (Fsp3) is 0.375. The van der Waals surface area contributed by atoms with Gasteiger partial charge in [0.15, 0.2) is 5.78 Å². The Morgan fingerprint density at radius 2 is 1.50 bits per heavy atom. The molecule has 150 valence electrons. The predicted molar refractivity (Wildman–Crippen MR) is 117 cm³/mol. The molecule has 0 aliphatic heterocycles. The van der Waals surface area contributed by atoms with Gasteiger partial charge in [0.1, 0.15) is 11.5 Å². The highest BCUT2D eigenvalue weighted by atomic mass is 16.5. The largest absolute Gasteiger partial charge is 0.493 e. The van der Waals surface area contributed by atoms with Crippen molar-refractivity contribution in [3.05, 3.63) is 59.7 Å². The van der Waals surface area contributed by atoms with E-state index in [1.54, 1.807) is 12.2 Å². The number of carbonyl (C=O) groups is 1. The van der Waals surface area contributed by atoms with Crippen LogP contribution in [0, 0.1) is 0 Å². The Kier molecular flexibility index (Phi) is 9.13. The summed E-state index contributed by atoms with van der Waals surface area (Å²) in [6.45, 7) is 5.56. The van der Waals surface area contributed by atoms with Crippen LogP contribution < -0.4 is 14.8 Å². The molecule has 0 saturated heterocycles. The molecular formula is C24H31NO3. The lowest BCUT2D eigenvalue weighted by Crippen LogP contribution is -2.02. The molecule has 2 aromatic rings. The van der Waals surface area contributed by atoms with Crippen LogP contribution in [0.3, 0.4) is 0 Å². The van der Waals surface area contributed by atoms with Gasteiger partial charge in [-0.05, 0) is 61.4 Å². The summed E-state index contributed by atoms with van der Waals surface area (Å²) in [5.41, 5.74) is 2.43. The molecule has 0 unspecified atom stereocenters. The molecule has 0 bridgehead atoms. The van der Waals surface area contributed by atoms with Crippen LogP contribution in [0.5, 0.6) is 11.5 Å². The maximum Gasteiger partial charge on any atom is 0.185 e. The quantitative estimate of drug-likeness (QED) is 0.279. The number of carbonyl (C=O) groups excluding carboxylic acids is 1. The fourth-order valence-electron chi connectivity index (χ4n) is 2.65. The van der Waals surface area contributed by atoms with Gasteiger partial charge in [-0.15, -0.1) is 0 Å². The third-order valence-electron chi connectivity index (χ3n) is 4.40. The molecule has 4 heteroatoms. The third kappa shape index (κ3) is 6.45. The monoisotopic (exact) mass is 381 g/mol. The van der Waals surface area contributed by atoms with Gasteiger partial charge in [-0.25, -0.2) is 0 Å². The molecule has 0 saturated carbocycles. The number of unbranched alkanes of at least 4 members (excludes halogenated alkanes) is 2. The lowest BCUT2D eigenvalue weighted by Gasteiger charge is -2.14.